The van der Waals surface area contributed by atoms with E-state index in [1.807, 2.05) is 80.6 Å². The lowest BCUT2D eigenvalue weighted by Crippen LogP contribution is -2.50. The quantitative estimate of drug-likeness (QED) is 0.457. The van der Waals surface area contributed by atoms with E-state index in [2.05, 4.69) is 16.1 Å². The maximum atomic E-state index is 13.2. The molecule has 0 fully saturated rings. The number of carbonyl (C=O) groups is 1. The minimum absolute atomic E-state index is 0.0590. The maximum Gasteiger partial charge on any atom is 0.241 e. The van der Waals surface area contributed by atoms with Crippen molar-refractivity contribution in [1.82, 2.24) is 10.0 Å². The van der Waals surface area contributed by atoms with Gasteiger partial charge in [-0.25, -0.2) is 8.42 Å². The van der Waals surface area contributed by atoms with Gasteiger partial charge in [-0.05, 0) is 41.2 Å². The average molecular weight is 476 g/mol. The van der Waals surface area contributed by atoms with Gasteiger partial charge in [0.05, 0.1) is 11.0 Å². The molecule has 0 heterocycles. The zero-order valence-electron chi connectivity index (χ0n) is 19.3. The monoisotopic (exact) mass is 475 g/mol. The van der Waals surface area contributed by atoms with Crippen LogP contribution in [-0.2, 0) is 21.2 Å². The average Bonchev–Trinajstić information content (AvgIpc) is 2.84. The standard InChI is InChI=1S/C27H29N3O3S/c1-20(2)16-26(27(31)29-24(19-28)17-21-10-5-3-6-11-21)30-34(32,33)25-15-9-14-23(18-25)22-12-7-4-8-13-22/h3-15,18,20,24,26,30H,16-17H2,1-2H3,(H,29,31)/t24-,26-/m0/s1. The molecule has 3 rings (SSSR count). The van der Waals surface area contributed by atoms with E-state index in [-0.39, 0.29) is 10.8 Å². The Morgan fingerprint density at radius 1 is 0.912 bits per heavy atom. The third-order valence-corrected chi connectivity index (χ3v) is 6.80. The van der Waals surface area contributed by atoms with E-state index >= 15 is 0 Å². The summed E-state index contributed by atoms with van der Waals surface area (Å²) in [5.74, 6) is -0.456. The molecule has 0 bridgehead atoms. The van der Waals surface area contributed by atoms with Gasteiger partial charge < -0.3 is 5.32 Å². The summed E-state index contributed by atoms with van der Waals surface area (Å²) in [5, 5.41) is 12.3. The lowest BCUT2D eigenvalue weighted by molar-refractivity contribution is -0.123. The van der Waals surface area contributed by atoms with E-state index < -0.39 is 28.0 Å². The van der Waals surface area contributed by atoms with Gasteiger partial charge in [0.25, 0.3) is 0 Å². The second-order valence-corrected chi connectivity index (χ2v) is 10.3. The number of hydrogen-bond acceptors (Lipinski definition) is 4. The fraction of sp³-hybridized carbons (Fsp3) is 0.259. The fourth-order valence-electron chi connectivity index (χ4n) is 3.66. The first-order valence-corrected chi connectivity index (χ1v) is 12.7. The zero-order chi connectivity index (χ0) is 24.6. The van der Waals surface area contributed by atoms with E-state index in [1.54, 1.807) is 12.1 Å². The third-order valence-electron chi connectivity index (χ3n) is 5.33. The van der Waals surface area contributed by atoms with Crippen LogP contribution in [-0.4, -0.2) is 26.4 Å². The number of rotatable bonds is 10. The Bertz CT molecular complexity index is 1240. The van der Waals surface area contributed by atoms with Crippen LogP contribution in [0.2, 0.25) is 0 Å². The predicted octanol–water partition coefficient (Wildman–Crippen LogP) is 4.30. The number of nitrogens with zero attached hydrogens (tertiary/aromatic N) is 1. The Hall–Kier alpha value is -3.47. The number of amides is 1. The highest BCUT2D eigenvalue weighted by Crippen LogP contribution is 2.22. The van der Waals surface area contributed by atoms with Crippen LogP contribution in [0.25, 0.3) is 11.1 Å². The van der Waals surface area contributed by atoms with E-state index in [4.69, 9.17) is 0 Å². The number of carbonyl (C=O) groups excluding carboxylic acids is 1. The van der Waals surface area contributed by atoms with Crippen molar-refractivity contribution in [3.63, 3.8) is 0 Å². The molecule has 0 aliphatic rings. The van der Waals surface area contributed by atoms with Crippen molar-refractivity contribution >= 4 is 15.9 Å². The number of nitrogens with one attached hydrogen (secondary N) is 2. The van der Waals surface area contributed by atoms with E-state index in [0.29, 0.717) is 12.8 Å². The van der Waals surface area contributed by atoms with Crippen LogP contribution in [0.1, 0.15) is 25.8 Å². The first kappa shape index (κ1) is 25.2. The summed E-state index contributed by atoms with van der Waals surface area (Å²) < 4.78 is 29.0. The Morgan fingerprint density at radius 3 is 2.15 bits per heavy atom. The molecule has 176 valence electrons. The van der Waals surface area contributed by atoms with E-state index in [1.165, 1.54) is 6.07 Å². The van der Waals surface area contributed by atoms with Gasteiger partial charge in [-0.3, -0.25) is 4.79 Å². The summed E-state index contributed by atoms with van der Waals surface area (Å²) in [4.78, 5) is 13.1. The van der Waals surface area contributed by atoms with Gasteiger partial charge in [0.2, 0.25) is 15.9 Å². The summed E-state index contributed by atoms with van der Waals surface area (Å²) in [5.41, 5.74) is 2.57. The second-order valence-electron chi connectivity index (χ2n) is 8.58. The van der Waals surface area contributed by atoms with Gasteiger partial charge in [-0.2, -0.15) is 9.98 Å². The summed E-state index contributed by atoms with van der Waals surface area (Å²) in [6.45, 7) is 3.83. The van der Waals surface area contributed by atoms with Crippen LogP contribution in [0.4, 0.5) is 0 Å². The molecule has 0 spiro atoms. The molecule has 1 amide bonds. The molecule has 0 aliphatic heterocycles. The molecule has 0 radical (unpaired) electrons. The Labute approximate surface area is 201 Å². The van der Waals surface area contributed by atoms with Crippen molar-refractivity contribution in [2.45, 2.75) is 43.7 Å². The van der Waals surface area contributed by atoms with Crippen LogP contribution in [0.5, 0.6) is 0 Å². The fourth-order valence-corrected chi connectivity index (χ4v) is 4.91. The Kier molecular flexibility index (Phi) is 8.58. The van der Waals surface area contributed by atoms with Crippen LogP contribution >= 0.6 is 0 Å². The van der Waals surface area contributed by atoms with Crippen molar-refractivity contribution in [2.24, 2.45) is 5.92 Å². The zero-order valence-corrected chi connectivity index (χ0v) is 20.1. The van der Waals surface area contributed by atoms with Crippen molar-refractivity contribution in [3.05, 3.63) is 90.5 Å². The van der Waals surface area contributed by atoms with Crippen molar-refractivity contribution in [3.8, 4) is 17.2 Å². The number of hydrogen-bond donors (Lipinski definition) is 2. The molecular weight excluding hydrogens is 446 g/mol. The number of nitriles is 1. The summed E-state index contributed by atoms with van der Waals surface area (Å²) in [7, 11) is -3.98. The van der Waals surface area contributed by atoms with Crippen LogP contribution in [0.3, 0.4) is 0 Å². The molecule has 0 saturated carbocycles. The highest BCUT2D eigenvalue weighted by Gasteiger charge is 2.28. The topological polar surface area (TPSA) is 99.1 Å². The lowest BCUT2D eigenvalue weighted by Gasteiger charge is -2.22. The van der Waals surface area contributed by atoms with Crippen molar-refractivity contribution < 1.29 is 13.2 Å². The van der Waals surface area contributed by atoms with Gasteiger partial charge in [0.15, 0.2) is 0 Å². The van der Waals surface area contributed by atoms with Crippen molar-refractivity contribution in [1.29, 1.82) is 5.26 Å². The minimum atomic E-state index is -3.98. The molecule has 0 saturated heterocycles. The molecular formula is C27H29N3O3S. The molecule has 2 atom stereocenters. The molecule has 0 aromatic heterocycles. The number of sulfonamides is 1. The SMILES string of the molecule is CC(C)C[C@H](NS(=O)(=O)c1cccc(-c2ccccc2)c1)C(=O)N[C@H](C#N)Cc1ccccc1. The molecule has 2 N–H and O–H groups in total. The normalized spacial score (nSPS) is 13.1. The highest BCUT2D eigenvalue weighted by molar-refractivity contribution is 7.89. The summed E-state index contributed by atoms with van der Waals surface area (Å²) in [6.07, 6.45) is 0.635. The minimum Gasteiger partial charge on any atom is -0.339 e. The van der Waals surface area contributed by atoms with E-state index in [0.717, 1.165) is 16.7 Å². The molecule has 3 aromatic carbocycles. The molecule has 0 unspecified atom stereocenters. The third kappa shape index (κ3) is 7.01. The second kappa shape index (κ2) is 11.6. The first-order valence-electron chi connectivity index (χ1n) is 11.2. The smallest absolute Gasteiger partial charge is 0.241 e. The van der Waals surface area contributed by atoms with Crippen molar-refractivity contribution in [2.75, 3.05) is 0 Å². The summed E-state index contributed by atoms with van der Waals surface area (Å²) >= 11 is 0. The molecule has 34 heavy (non-hydrogen) atoms. The molecule has 3 aromatic rings. The molecule has 6 nitrogen and oxygen atoms in total. The van der Waals surface area contributed by atoms with Gasteiger partial charge in [0.1, 0.15) is 12.1 Å². The van der Waals surface area contributed by atoms with Gasteiger partial charge in [-0.15, -0.1) is 0 Å². The Balaban J connectivity index is 1.78. The summed E-state index contributed by atoms with van der Waals surface area (Å²) in [6, 6.07) is 25.8. The van der Waals surface area contributed by atoms with Crippen LogP contribution in [0, 0.1) is 17.2 Å². The van der Waals surface area contributed by atoms with Crippen LogP contribution in [0.15, 0.2) is 89.8 Å². The van der Waals surface area contributed by atoms with Gasteiger partial charge >= 0.3 is 0 Å². The van der Waals surface area contributed by atoms with E-state index in [9.17, 15) is 18.5 Å². The predicted molar refractivity (Wildman–Crippen MR) is 133 cm³/mol. The maximum absolute atomic E-state index is 13.2. The number of benzene rings is 3. The van der Waals surface area contributed by atoms with Gasteiger partial charge in [-0.1, -0.05) is 86.6 Å². The van der Waals surface area contributed by atoms with Gasteiger partial charge in [0, 0.05) is 6.42 Å². The molecule has 0 aliphatic carbocycles. The lowest BCUT2D eigenvalue weighted by atomic mass is 10.0. The largest absolute Gasteiger partial charge is 0.339 e. The van der Waals surface area contributed by atoms with Crippen LogP contribution < -0.4 is 10.0 Å². The first-order chi connectivity index (χ1) is 16.3. The highest BCUT2D eigenvalue weighted by atomic mass is 32.2. The molecule has 7 heteroatoms. The Morgan fingerprint density at radius 2 is 1.53 bits per heavy atom.